The first-order valence-electron chi connectivity index (χ1n) is 7.05. The van der Waals surface area contributed by atoms with E-state index in [0.29, 0.717) is 24.7 Å². The number of amides is 1. The molecule has 0 spiro atoms. The van der Waals surface area contributed by atoms with Crippen LogP contribution in [0.2, 0.25) is 0 Å². The van der Waals surface area contributed by atoms with E-state index in [1.165, 1.54) is 6.26 Å². The zero-order valence-corrected chi connectivity index (χ0v) is 12.5. The van der Waals surface area contributed by atoms with Crippen molar-refractivity contribution in [2.45, 2.75) is 6.42 Å². The summed E-state index contributed by atoms with van der Waals surface area (Å²) in [6.45, 7) is 0.379. The number of ether oxygens (including phenoxy) is 1. The standard InChI is InChI=1S/C16H15N3O4/c1-21-12-6-4-11(5-7-12)15-18-14(23-19-15)8-9-17-16(20)13-3-2-10-22-13/h2-7,10H,8-9H2,1H3,(H,17,20). The minimum atomic E-state index is -0.273. The summed E-state index contributed by atoms with van der Waals surface area (Å²) in [5.74, 6) is 1.72. The fraction of sp³-hybridized carbons (Fsp3) is 0.188. The van der Waals surface area contributed by atoms with Crippen LogP contribution >= 0.6 is 0 Å². The summed E-state index contributed by atoms with van der Waals surface area (Å²) in [6.07, 6.45) is 1.89. The third-order valence-electron chi connectivity index (χ3n) is 3.19. The monoisotopic (exact) mass is 313 g/mol. The molecular formula is C16H15N3O4. The lowest BCUT2D eigenvalue weighted by atomic mass is 10.2. The van der Waals surface area contributed by atoms with Crippen LogP contribution in [0, 0.1) is 0 Å². The first-order chi connectivity index (χ1) is 11.3. The normalized spacial score (nSPS) is 10.5. The molecule has 1 N–H and O–H groups in total. The summed E-state index contributed by atoms with van der Waals surface area (Å²) < 4.78 is 15.3. The first-order valence-corrected chi connectivity index (χ1v) is 7.05. The number of hydrogen-bond donors (Lipinski definition) is 1. The Bertz CT molecular complexity index is 763. The zero-order chi connectivity index (χ0) is 16.1. The van der Waals surface area contributed by atoms with Crippen molar-refractivity contribution < 1.29 is 18.5 Å². The summed E-state index contributed by atoms with van der Waals surface area (Å²) >= 11 is 0. The molecule has 0 aliphatic carbocycles. The van der Waals surface area contributed by atoms with Crippen LogP contribution in [0.15, 0.2) is 51.6 Å². The quantitative estimate of drug-likeness (QED) is 0.751. The van der Waals surface area contributed by atoms with Crippen LogP contribution < -0.4 is 10.1 Å². The SMILES string of the molecule is COc1ccc(-c2noc(CCNC(=O)c3ccco3)n2)cc1. The molecule has 0 aliphatic heterocycles. The predicted molar refractivity (Wildman–Crippen MR) is 81.0 cm³/mol. The fourth-order valence-electron chi connectivity index (χ4n) is 1.99. The summed E-state index contributed by atoms with van der Waals surface area (Å²) in [7, 11) is 1.61. The molecule has 0 saturated carbocycles. The number of carbonyl (C=O) groups excluding carboxylic acids is 1. The molecule has 0 aliphatic rings. The van der Waals surface area contributed by atoms with Gasteiger partial charge in [-0.15, -0.1) is 0 Å². The highest BCUT2D eigenvalue weighted by molar-refractivity contribution is 5.91. The van der Waals surface area contributed by atoms with Crippen LogP contribution in [0.25, 0.3) is 11.4 Å². The third-order valence-corrected chi connectivity index (χ3v) is 3.19. The van der Waals surface area contributed by atoms with Gasteiger partial charge in [-0.3, -0.25) is 4.79 Å². The van der Waals surface area contributed by atoms with Gasteiger partial charge in [0.2, 0.25) is 11.7 Å². The molecule has 3 rings (SSSR count). The van der Waals surface area contributed by atoms with Crippen LogP contribution in [0.4, 0.5) is 0 Å². The van der Waals surface area contributed by atoms with Gasteiger partial charge in [0.05, 0.1) is 13.4 Å². The molecule has 2 aromatic heterocycles. The molecule has 23 heavy (non-hydrogen) atoms. The maximum atomic E-state index is 11.7. The van der Waals surface area contributed by atoms with E-state index in [4.69, 9.17) is 13.7 Å². The number of rotatable bonds is 6. The second-order valence-corrected chi connectivity index (χ2v) is 4.72. The Balaban J connectivity index is 1.55. The summed E-state index contributed by atoms with van der Waals surface area (Å²) in [4.78, 5) is 16.0. The molecule has 0 bridgehead atoms. The van der Waals surface area contributed by atoms with Crippen LogP contribution in [-0.2, 0) is 6.42 Å². The number of nitrogens with zero attached hydrogens (tertiary/aromatic N) is 2. The highest BCUT2D eigenvalue weighted by Crippen LogP contribution is 2.19. The van der Waals surface area contributed by atoms with Crippen molar-refractivity contribution in [2.75, 3.05) is 13.7 Å². The Morgan fingerprint density at radius 2 is 2.09 bits per heavy atom. The minimum Gasteiger partial charge on any atom is -0.497 e. The molecule has 1 aromatic carbocycles. The van der Waals surface area contributed by atoms with E-state index in [9.17, 15) is 4.79 Å². The van der Waals surface area contributed by atoms with Crippen LogP contribution in [0.3, 0.4) is 0 Å². The smallest absolute Gasteiger partial charge is 0.286 e. The van der Waals surface area contributed by atoms with Crippen molar-refractivity contribution in [3.8, 4) is 17.1 Å². The van der Waals surface area contributed by atoms with Gasteiger partial charge in [-0.1, -0.05) is 5.16 Å². The van der Waals surface area contributed by atoms with Crippen LogP contribution in [0.5, 0.6) is 5.75 Å². The molecule has 7 heteroatoms. The third kappa shape index (κ3) is 3.57. The van der Waals surface area contributed by atoms with Gasteiger partial charge in [0.15, 0.2) is 5.76 Å². The van der Waals surface area contributed by atoms with Gasteiger partial charge < -0.3 is 19.0 Å². The van der Waals surface area contributed by atoms with E-state index in [0.717, 1.165) is 11.3 Å². The number of aromatic nitrogens is 2. The molecule has 0 fully saturated rings. The van der Waals surface area contributed by atoms with Crippen LogP contribution in [0.1, 0.15) is 16.4 Å². The Hall–Kier alpha value is -3.09. The Morgan fingerprint density at radius 1 is 1.26 bits per heavy atom. The molecule has 0 radical (unpaired) electrons. The van der Waals surface area contributed by atoms with E-state index >= 15 is 0 Å². The van der Waals surface area contributed by atoms with Crippen molar-refractivity contribution in [1.29, 1.82) is 0 Å². The molecule has 0 saturated heterocycles. The van der Waals surface area contributed by atoms with E-state index in [1.54, 1.807) is 19.2 Å². The molecule has 2 heterocycles. The molecule has 0 atom stereocenters. The fourth-order valence-corrected chi connectivity index (χ4v) is 1.99. The maximum absolute atomic E-state index is 11.7. The lowest BCUT2D eigenvalue weighted by Gasteiger charge is -2.00. The average molecular weight is 313 g/mol. The molecule has 1 amide bonds. The Kier molecular flexibility index (Phi) is 4.37. The van der Waals surface area contributed by atoms with Crippen molar-refractivity contribution in [1.82, 2.24) is 15.5 Å². The van der Waals surface area contributed by atoms with E-state index < -0.39 is 0 Å². The van der Waals surface area contributed by atoms with Crippen molar-refractivity contribution in [2.24, 2.45) is 0 Å². The van der Waals surface area contributed by atoms with Gasteiger partial charge in [-0.2, -0.15) is 4.98 Å². The largest absolute Gasteiger partial charge is 0.497 e. The van der Waals surface area contributed by atoms with E-state index in [1.807, 2.05) is 24.3 Å². The summed E-state index contributed by atoms with van der Waals surface area (Å²) in [5, 5.41) is 6.65. The van der Waals surface area contributed by atoms with Gasteiger partial charge in [0.25, 0.3) is 5.91 Å². The molecular weight excluding hydrogens is 298 g/mol. The van der Waals surface area contributed by atoms with Crippen molar-refractivity contribution >= 4 is 5.91 Å². The topological polar surface area (TPSA) is 90.4 Å². The number of nitrogens with one attached hydrogen (secondary N) is 1. The maximum Gasteiger partial charge on any atom is 0.286 e. The predicted octanol–water partition coefficient (Wildman–Crippen LogP) is 2.31. The number of furan rings is 1. The van der Waals surface area contributed by atoms with E-state index in [2.05, 4.69) is 15.5 Å². The zero-order valence-electron chi connectivity index (χ0n) is 12.5. The van der Waals surface area contributed by atoms with Crippen molar-refractivity contribution in [3.05, 3.63) is 54.3 Å². The molecule has 7 nitrogen and oxygen atoms in total. The average Bonchev–Trinajstić information content (AvgIpc) is 3.27. The Morgan fingerprint density at radius 3 is 2.78 bits per heavy atom. The number of carbonyl (C=O) groups is 1. The molecule has 118 valence electrons. The van der Waals surface area contributed by atoms with Gasteiger partial charge >= 0.3 is 0 Å². The number of methoxy groups -OCH3 is 1. The van der Waals surface area contributed by atoms with Gasteiger partial charge in [0, 0.05) is 18.5 Å². The lowest BCUT2D eigenvalue weighted by molar-refractivity contribution is 0.0925. The minimum absolute atomic E-state index is 0.273. The van der Waals surface area contributed by atoms with Gasteiger partial charge in [-0.25, -0.2) is 0 Å². The Labute approximate surface area is 132 Å². The van der Waals surface area contributed by atoms with Crippen molar-refractivity contribution in [3.63, 3.8) is 0 Å². The first kappa shape index (κ1) is 14.8. The second-order valence-electron chi connectivity index (χ2n) is 4.72. The van der Waals surface area contributed by atoms with Crippen LogP contribution in [-0.4, -0.2) is 29.7 Å². The van der Waals surface area contributed by atoms with E-state index in [-0.39, 0.29) is 11.7 Å². The molecule has 0 unspecified atom stereocenters. The number of hydrogen-bond acceptors (Lipinski definition) is 6. The molecule has 3 aromatic rings. The van der Waals surface area contributed by atoms with Gasteiger partial charge in [-0.05, 0) is 36.4 Å². The second kappa shape index (κ2) is 6.78. The summed E-state index contributed by atoms with van der Waals surface area (Å²) in [5.41, 5.74) is 0.834. The number of benzene rings is 1. The van der Waals surface area contributed by atoms with Gasteiger partial charge in [0.1, 0.15) is 5.75 Å². The highest BCUT2D eigenvalue weighted by Gasteiger charge is 2.11. The highest BCUT2D eigenvalue weighted by atomic mass is 16.5. The lowest BCUT2D eigenvalue weighted by Crippen LogP contribution is -2.25. The summed E-state index contributed by atoms with van der Waals surface area (Å²) in [6, 6.07) is 10.6.